The molecule has 0 unspecified atom stereocenters. The van der Waals surface area contributed by atoms with E-state index in [-0.39, 0.29) is 11.9 Å². The number of rotatable bonds is 4. The van der Waals surface area contributed by atoms with Crippen molar-refractivity contribution in [3.05, 3.63) is 95.6 Å². The summed E-state index contributed by atoms with van der Waals surface area (Å²) in [5.41, 5.74) is 8.53. The third kappa shape index (κ3) is 3.87. The number of carbonyl (C=O) groups is 1. The molecule has 32 heavy (non-hydrogen) atoms. The van der Waals surface area contributed by atoms with Crippen LogP contribution in [0.1, 0.15) is 22.7 Å². The van der Waals surface area contributed by atoms with Gasteiger partial charge in [-0.1, -0.05) is 90.1 Å². The molecule has 0 fully saturated rings. The van der Waals surface area contributed by atoms with E-state index in [0.717, 1.165) is 28.2 Å². The number of thioether (sulfide) groups is 1. The summed E-state index contributed by atoms with van der Waals surface area (Å²) < 4.78 is 1.89. The molecule has 160 valence electrons. The second-order valence-electron chi connectivity index (χ2n) is 7.87. The smallest absolute Gasteiger partial charge is 0.240 e. The van der Waals surface area contributed by atoms with Crippen LogP contribution in [-0.2, 0) is 4.79 Å². The Morgan fingerprint density at radius 1 is 0.938 bits per heavy atom. The Morgan fingerprint density at radius 3 is 2.41 bits per heavy atom. The van der Waals surface area contributed by atoms with E-state index in [1.165, 1.54) is 17.3 Å². The minimum absolute atomic E-state index is 0.0714. The Balaban J connectivity index is 1.52. The third-order valence-electron chi connectivity index (χ3n) is 5.57. The van der Waals surface area contributed by atoms with Crippen LogP contribution in [0.15, 0.2) is 84.0 Å². The molecule has 4 aromatic rings. The highest BCUT2D eigenvalue weighted by atomic mass is 32.2. The van der Waals surface area contributed by atoms with Crippen molar-refractivity contribution >= 4 is 23.4 Å². The zero-order valence-electron chi connectivity index (χ0n) is 17.8. The van der Waals surface area contributed by atoms with Gasteiger partial charge in [0.25, 0.3) is 0 Å². The summed E-state index contributed by atoms with van der Waals surface area (Å²) in [5, 5.41) is 12.1. The summed E-state index contributed by atoms with van der Waals surface area (Å²) in [5.74, 6) is 0.654. The minimum atomic E-state index is -0.419. The van der Waals surface area contributed by atoms with E-state index in [4.69, 9.17) is 0 Å². The first-order valence-electron chi connectivity index (χ1n) is 10.5. The highest BCUT2D eigenvalue weighted by Crippen LogP contribution is 2.39. The van der Waals surface area contributed by atoms with Crippen molar-refractivity contribution in [2.24, 2.45) is 0 Å². The minimum Gasteiger partial charge on any atom is -0.325 e. The molecule has 0 saturated heterocycles. The number of aromatic nitrogens is 3. The average Bonchev–Trinajstić information content (AvgIpc) is 3.24. The lowest BCUT2D eigenvalue weighted by molar-refractivity contribution is -0.116. The van der Waals surface area contributed by atoms with Crippen molar-refractivity contribution in [3.63, 3.8) is 0 Å². The van der Waals surface area contributed by atoms with Crippen LogP contribution in [0, 0.1) is 13.8 Å². The predicted molar refractivity (Wildman–Crippen MR) is 128 cm³/mol. The van der Waals surface area contributed by atoms with Gasteiger partial charge in [-0.3, -0.25) is 4.79 Å². The summed E-state index contributed by atoms with van der Waals surface area (Å²) in [6.45, 7) is 4.04. The van der Waals surface area contributed by atoms with Crippen molar-refractivity contribution < 1.29 is 4.79 Å². The molecule has 5 rings (SSSR count). The van der Waals surface area contributed by atoms with E-state index in [2.05, 4.69) is 52.1 Å². The van der Waals surface area contributed by atoms with Crippen LogP contribution in [0.4, 0.5) is 5.69 Å². The van der Waals surface area contributed by atoms with Crippen molar-refractivity contribution in [2.75, 3.05) is 10.7 Å². The maximum absolute atomic E-state index is 13.4. The zero-order valence-corrected chi connectivity index (χ0v) is 18.6. The maximum Gasteiger partial charge on any atom is 0.240 e. The van der Waals surface area contributed by atoms with E-state index >= 15 is 0 Å². The predicted octanol–water partition coefficient (Wildman–Crippen LogP) is 4.96. The quantitative estimate of drug-likeness (QED) is 0.468. The lowest BCUT2D eigenvalue weighted by atomic mass is 10.0. The van der Waals surface area contributed by atoms with Gasteiger partial charge in [0.05, 0.1) is 6.04 Å². The number of fused-ring (bicyclic) bond motifs is 1. The summed E-state index contributed by atoms with van der Waals surface area (Å²) in [4.78, 5) is 13.4. The molecule has 2 atom stereocenters. The number of anilines is 1. The van der Waals surface area contributed by atoms with Crippen molar-refractivity contribution in [2.45, 2.75) is 30.3 Å². The normalized spacial score (nSPS) is 17.3. The molecule has 0 aliphatic carbocycles. The van der Waals surface area contributed by atoms with Crippen LogP contribution in [0.25, 0.3) is 11.4 Å². The third-order valence-corrected chi connectivity index (χ3v) is 6.78. The van der Waals surface area contributed by atoms with Gasteiger partial charge in [-0.15, -0.1) is 10.2 Å². The molecule has 6 nitrogen and oxygen atoms in total. The second kappa shape index (κ2) is 8.51. The van der Waals surface area contributed by atoms with E-state index in [1.54, 1.807) is 0 Å². The fraction of sp³-hybridized carbons (Fsp3) is 0.160. The van der Waals surface area contributed by atoms with Gasteiger partial charge in [-0.25, -0.2) is 4.68 Å². The van der Waals surface area contributed by atoms with E-state index in [1.807, 2.05) is 66.2 Å². The summed E-state index contributed by atoms with van der Waals surface area (Å²) >= 11 is 1.43. The number of nitrogens with one attached hydrogen (secondary N) is 2. The molecule has 1 aromatic heterocycles. The first kappa shape index (κ1) is 20.3. The largest absolute Gasteiger partial charge is 0.325 e. The Kier molecular flexibility index (Phi) is 5.41. The number of para-hydroxylation sites is 1. The molecular weight excluding hydrogens is 418 g/mol. The standard InChI is InChI=1S/C25H23N5OS/c1-16-12-14-18(15-13-16)21-22(24(31)26-20-11-7-6-8-17(20)2)32-25-28-27-23(30(25)29-21)19-9-4-3-5-10-19/h3-15,21-22,29H,1-2H3,(H,26,31)/t21-,22+/m0/s1. The summed E-state index contributed by atoms with van der Waals surface area (Å²) in [6, 6.07) is 25.7. The van der Waals surface area contributed by atoms with Gasteiger partial charge in [0, 0.05) is 11.3 Å². The summed E-state index contributed by atoms with van der Waals surface area (Å²) in [7, 11) is 0. The molecule has 2 heterocycles. The SMILES string of the molecule is Cc1ccc([C@@H]2Nn3c(nnc3-c3ccccc3)S[C@H]2C(=O)Nc2ccccc2C)cc1. The number of benzene rings is 3. The highest BCUT2D eigenvalue weighted by molar-refractivity contribution is 8.00. The van der Waals surface area contributed by atoms with E-state index < -0.39 is 5.25 Å². The maximum atomic E-state index is 13.4. The molecule has 2 N–H and O–H groups in total. The van der Waals surface area contributed by atoms with Gasteiger partial charge in [0.2, 0.25) is 11.1 Å². The Hall–Kier alpha value is -3.58. The fourth-order valence-corrected chi connectivity index (χ4v) is 4.85. The zero-order chi connectivity index (χ0) is 22.1. The Labute approximate surface area is 191 Å². The van der Waals surface area contributed by atoms with Gasteiger partial charge in [0.15, 0.2) is 5.82 Å². The lowest BCUT2D eigenvalue weighted by Crippen LogP contribution is -2.41. The van der Waals surface area contributed by atoms with Crippen molar-refractivity contribution in [1.82, 2.24) is 14.9 Å². The Bertz CT molecular complexity index is 1250. The molecule has 0 radical (unpaired) electrons. The van der Waals surface area contributed by atoms with Crippen molar-refractivity contribution in [3.8, 4) is 11.4 Å². The number of amides is 1. The monoisotopic (exact) mass is 441 g/mol. The first-order valence-corrected chi connectivity index (χ1v) is 11.4. The van der Waals surface area contributed by atoms with Gasteiger partial charge >= 0.3 is 0 Å². The van der Waals surface area contributed by atoms with Crippen LogP contribution in [0.3, 0.4) is 0 Å². The van der Waals surface area contributed by atoms with Gasteiger partial charge in [-0.05, 0) is 31.0 Å². The number of nitrogens with zero attached hydrogens (tertiary/aromatic N) is 3. The molecule has 0 spiro atoms. The molecular formula is C25H23N5OS. The molecule has 3 aromatic carbocycles. The molecule has 1 aliphatic heterocycles. The second-order valence-corrected chi connectivity index (χ2v) is 8.98. The first-order chi connectivity index (χ1) is 15.6. The van der Waals surface area contributed by atoms with Crippen molar-refractivity contribution in [1.29, 1.82) is 0 Å². The number of hydrogen-bond acceptors (Lipinski definition) is 5. The van der Waals surface area contributed by atoms with Crippen LogP contribution in [-0.4, -0.2) is 26.0 Å². The van der Waals surface area contributed by atoms with Crippen LogP contribution >= 0.6 is 11.8 Å². The number of carbonyl (C=O) groups excluding carboxylic acids is 1. The molecule has 0 saturated carbocycles. The Morgan fingerprint density at radius 2 is 1.66 bits per heavy atom. The summed E-state index contributed by atoms with van der Waals surface area (Å²) in [6.07, 6.45) is 0. The van der Waals surface area contributed by atoms with E-state index in [9.17, 15) is 4.79 Å². The fourth-order valence-electron chi connectivity index (χ4n) is 3.77. The number of hydrogen-bond donors (Lipinski definition) is 2. The van der Waals surface area contributed by atoms with Gasteiger partial charge < -0.3 is 10.7 Å². The average molecular weight is 442 g/mol. The number of aryl methyl sites for hydroxylation is 2. The highest BCUT2D eigenvalue weighted by Gasteiger charge is 2.38. The molecule has 0 bridgehead atoms. The van der Waals surface area contributed by atoms with Crippen LogP contribution in [0.2, 0.25) is 0 Å². The molecule has 1 amide bonds. The lowest BCUT2D eigenvalue weighted by Gasteiger charge is -2.33. The molecule has 1 aliphatic rings. The topological polar surface area (TPSA) is 71.8 Å². The van der Waals surface area contributed by atoms with Gasteiger partial charge in [-0.2, -0.15) is 0 Å². The van der Waals surface area contributed by atoms with Crippen LogP contribution < -0.4 is 10.7 Å². The van der Waals surface area contributed by atoms with Crippen LogP contribution in [0.5, 0.6) is 0 Å². The molecule has 7 heteroatoms. The van der Waals surface area contributed by atoms with Gasteiger partial charge in [0.1, 0.15) is 5.25 Å². The van der Waals surface area contributed by atoms with E-state index in [0.29, 0.717) is 5.16 Å².